The van der Waals surface area contributed by atoms with Crippen molar-refractivity contribution in [2.75, 3.05) is 6.61 Å². The van der Waals surface area contributed by atoms with Crippen LogP contribution in [0.3, 0.4) is 0 Å². The molecule has 0 saturated carbocycles. The first-order valence-electron chi connectivity index (χ1n) is 3.21. The molecule has 0 radical (unpaired) electrons. The van der Waals surface area contributed by atoms with Crippen molar-refractivity contribution in [1.29, 1.82) is 0 Å². The molecule has 1 aromatic heterocycles. The average molecular weight is 138 g/mol. The van der Waals surface area contributed by atoms with Crippen molar-refractivity contribution in [2.24, 2.45) is 0 Å². The Balaban J connectivity index is 2.12. The topological polar surface area (TPSA) is 47.1 Å². The number of hydrogen-bond donors (Lipinski definition) is 1. The molecule has 4 nitrogen and oxygen atoms in total. The Morgan fingerprint density at radius 1 is 1.80 bits per heavy atom. The van der Waals surface area contributed by atoms with Gasteiger partial charge in [-0.1, -0.05) is 0 Å². The van der Waals surface area contributed by atoms with Gasteiger partial charge < -0.3 is 4.81 Å². The number of aromatic nitrogens is 2. The zero-order valence-electron chi connectivity index (χ0n) is 5.41. The zero-order valence-corrected chi connectivity index (χ0v) is 5.41. The van der Waals surface area contributed by atoms with E-state index in [0.717, 1.165) is 5.69 Å². The van der Waals surface area contributed by atoms with Crippen LogP contribution in [-0.2, 0) is 9.69 Å². The van der Waals surface area contributed by atoms with Gasteiger partial charge in [0, 0.05) is 12.0 Å². The Bertz CT molecular complexity index is 195. The first kappa shape index (κ1) is 5.94. The van der Waals surface area contributed by atoms with E-state index in [9.17, 15) is 0 Å². The molecule has 1 aliphatic heterocycles. The van der Waals surface area contributed by atoms with Gasteiger partial charge in [0.25, 0.3) is 0 Å². The van der Waals surface area contributed by atoms with Gasteiger partial charge in [-0.15, -0.1) is 0 Å². The predicted molar refractivity (Wildman–Crippen MR) is 35.5 cm³/mol. The molecular formula is C5H7BN2O2. The summed E-state index contributed by atoms with van der Waals surface area (Å²) >= 11 is 0. The molecule has 10 heavy (non-hydrogen) atoms. The van der Waals surface area contributed by atoms with Crippen LogP contribution in [-0.4, -0.2) is 24.3 Å². The number of nitrogens with zero attached hydrogens (tertiary/aromatic N) is 1. The molecule has 1 atom stereocenters. The Morgan fingerprint density at radius 2 is 2.80 bits per heavy atom. The highest BCUT2D eigenvalue weighted by Crippen LogP contribution is 2.16. The third-order valence-electron chi connectivity index (χ3n) is 1.56. The molecule has 52 valence electrons. The standard InChI is InChI=1S/C5H7BN2O2/c1-2-7-8-5(1)4-3-9-10-6-4/h1-2,4,6H,3H2,(H,7,8). The fourth-order valence-corrected chi connectivity index (χ4v) is 0.978. The highest BCUT2D eigenvalue weighted by Gasteiger charge is 2.23. The summed E-state index contributed by atoms with van der Waals surface area (Å²) in [5.41, 5.74) is 1.01. The van der Waals surface area contributed by atoms with E-state index in [1.54, 1.807) is 6.20 Å². The normalized spacial score (nSPS) is 24.6. The predicted octanol–water partition coefficient (Wildman–Crippen LogP) is -0.236. The molecule has 0 aromatic carbocycles. The molecule has 1 unspecified atom stereocenters. The third-order valence-corrected chi connectivity index (χ3v) is 1.56. The van der Waals surface area contributed by atoms with Crippen LogP contribution >= 0.6 is 0 Å². The molecule has 0 amide bonds. The molecule has 1 saturated heterocycles. The lowest BCUT2D eigenvalue weighted by atomic mass is 9.80. The highest BCUT2D eigenvalue weighted by atomic mass is 17.2. The maximum Gasteiger partial charge on any atom is 0.334 e. The van der Waals surface area contributed by atoms with Crippen LogP contribution in [0.1, 0.15) is 11.5 Å². The summed E-state index contributed by atoms with van der Waals surface area (Å²) in [5.74, 6) is 0.311. The SMILES string of the molecule is B1OOCC1c1cc[nH]n1. The lowest BCUT2D eigenvalue weighted by Crippen LogP contribution is -2.04. The van der Waals surface area contributed by atoms with Crippen molar-refractivity contribution >= 4 is 7.48 Å². The molecule has 5 heteroatoms. The van der Waals surface area contributed by atoms with Gasteiger partial charge in [0.2, 0.25) is 0 Å². The summed E-state index contributed by atoms with van der Waals surface area (Å²) in [6, 6.07) is 1.93. The molecule has 1 aliphatic rings. The maximum atomic E-state index is 4.73. The van der Waals surface area contributed by atoms with Crippen molar-refractivity contribution in [3.05, 3.63) is 18.0 Å². The second kappa shape index (κ2) is 2.44. The van der Waals surface area contributed by atoms with Gasteiger partial charge in [-0.3, -0.25) is 9.99 Å². The number of hydrogen-bond acceptors (Lipinski definition) is 3. The van der Waals surface area contributed by atoms with Gasteiger partial charge in [-0.2, -0.15) is 5.10 Å². The van der Waals surface area contributed by atoms with E-state index in [1.165, 1.54) is 0 Å². The van der Waals surface area contributed by atoms with Gasteiger partial charge in [-0.25, -0.2) is 0 Å². The van der Waals surface area contributed by atoms with E-state index in [-0.39, 0.29) is 0 Å². The third kappa shape index (κ3) is 0.934. The van der Waals surface area contributed by atoms with E-state index in [4.69, 9.17) is 9.69 Å². The molecule has 0 aliphatic carbocycles. The van der Waals surface area contributed by atoms with Gasteiger partial charge in [0.15, 0.2) is 0 Å². The second-order valence-corrected chi connectivity index (χ2v) is 2.27. The summed E-state index contributed by atoms with van der Waals surface area (Å²) in [6.07, 6.45) is 1.80. The minimum atomic E-state index is 0.311. The van der Waals surface area contributed by atoms with Gasteiger partial charge in [0.05, 0.1) is 12.3 Å². The van der Waals surface area contributed by atoms with E-state index in [0.29, 0.717) is 19.9 Å². The summed E-state index contributed by atoms with van der Waals surface area (Å²) in [6.45, 7) is 0.616. The Hall–Kier alpha value is -0.805. The average Bonchev–Trinajstić information content (AvgIpc) is 2.59. The van der Waals surface area contributed by atoms with Crippen LogP contribution in [0.2, 0.25) is 0 Å². The van der Waals surface area contributed by atoms with Crippen LogP contribution < -0.4 is 0 Å². The van der Waals surface area contributed by atoms with E-state index < -0.39 is 0 Å². The Morgan fingerprint density at radius 3 is 3.40 bits per heavy atom. The Labute approximate surface area is 58.7 Å². The highest BCUT2D eigenvalue weighted by molar-refractivity contribution is 6.30. The molecule has 1 aromatic rings. The number of nitrogens with one attached hydrogen (secondary N) is 1. The molecule has 0 bridgehead atoms. The minimum absolute atomic E-state index is 0.311. The van der Waals surface area contributed by atoms with Gasteiger partial charge in [-0.05, 0) is 6.07 Å². The van der Waals surface area contributed by atoms with Crippen molar-refractivity contribution in [3.8, 4) is 0 Å². The molecule has 2 heterocycles. The smallest absolute Gasteiger partial charge is 0.309 e. The monoisotopic (exact) mass is 138 g/mol. The lowest BCUT2D eigenvalue weighted by molar-refractivity contribution is -0.183. The second-order valence-electron chi connectivity index (χ2n) is 2.27. The minimum Gasteiger partial charge on any atom is -0.309 e. The van der Waals surface area contributed by atoms with Gasteiger partial charge >= 0.3 is 7.48 Å². The van der Waals surface area contributed by atoms with Crippen LogP contribution in [0.15, 0.2) is 12.3 Å². The van der Waals surface area contributed by atoms with Gasteiger partial charge in [0.1, 0.15) is 0 Å². The molecule has 1 fully saturated rings. The summed E-state index contributed by atoms with van der Waals surface area (Å²) in [7, 11) is 0.616. The molecular weight excluding hydrogens is 131 g/mol. The van der Waals surface area contributed by atoms with Crippen molar-refractivity contribution < 1.29 is 9.69 Å². The summed E-state index contributed by atoms with van der Waals surface area (Å²) < 4.78 is 0. The van der Waals surface area contributed by atoms with E-state index in [1.807, 2.05) is 6.07 Å². The Kier molecular flexibility index (Phi) is 1.45. The molecule has 0 spiro atoms. The van der Waals surface area contributed by atoms with Crippen molar-refractivity contribution in [2.45, 2.75) is 5.82 Å². The van der Waals surface area contributed by atoms with E-state index in [2.05, 4.69) is 10.2 Å². The molecule has 2 rings (SSSR count). The van der Waals surface area contributed by atoms with Crippen LogP contribution in [0.5, 0.6) is 0 Å². The summed E-state index contributed by atoms with van der Waals surface area (Å²) in [4.78, 5) is 9.45. The van der Waals surface area contributed by atoms with Crippen molar-refractivity contribution in [1.82, 2.24) is 10.2 Å². The van der Waals surface area contributed by atoms with Crippen molar-refractivity contribution in [3.63, 3.8) is 0 Å². The first-order chi connectivity index (χ1) is 4.97. The van der Waals surface area contributed by atoms with E-state index >= 15 is 0 Å². The first-order valence-corrected chi connectivity index (χ1v) is 3.21. The quantitative estimate of drug-likeness (QED) is 0.430. The number of H-pyrrole nitrogens is 1. The van der Waals surface area contributed by atoms with Crippen LogP contribution in [0, 0.1) is 0 Å². The largest absolute Gasteiger partial charge is 0.334 e. The fourth-order valence-electron chi connectivity index (χ4n) is 0.978. The lowest BCUT2D eigenvalue weighted by Gasteiger charge is -1.95. The zero-order chi connectivity index (χ0) is 6.81. The summed E-state index contributed by atoms with van der Waals surface area (Å²) in [5, 5.41) is 6.76. The molecule has 1 N–H and O–H groups in total. The number of rotatable bonds is 1. The number of aromatic amines is 1. The van der Waals surface area contributed by atoms with Crippen LogP contribution in [0.4, 0.5) is 0 Å². The fraction of sp³-hybridized carbons (Fsp3) is 0.400. The maximum absolute atomic E-state index is 4.73. The van der Waals surface area contributed by atoms with Crippen LogP contribution in [0.25, 0.3) is 0 Å².